The molecule has 47 heavy (non-hydrogen) atoms. The van der Waals surface area contributed by atoms with E-state index in [2.05, 4.69) is 62.5 Å². The topological polar surface area (TPSA) is 99.1 Å². The Morgan fingerprint density at radius 3 is 1.77 bits per heavy atom. The van der Waals surface area contributed by atoms with Crippen LogP contribution >= 0.6 is 0 Å². The van der Waals surface area contributed by atoms with Crippen molar-refractivity contribution in [3.63, 3.8) is 0 Å². The second kappa shape index (κ2) is 30.6. The molecule has 8 nitrogen and oxygen atoms in total. The molecule has 0 saturated heterocycles. The average Bonchev–Trinajstić information content (AvgIpc) is 3.01. The Morgan fingerprint density at radius 1 is 0.660 bits per heavy atom. The zero-order valence-electron chi connectivity index (χ0n) is 30.5. The Labute approximate surface area is 286 Å². The maximum Gasteiger partial charge on any atom is 0.362 e. The van der Waals surface area contributed by atoms with Crippen LogP contribution < -0.4 is 0 Å². The number of carboxylic acids is 1. The first-order chi connectivity index (χ1) is 22.6. The van der Waals surface area contributed by atoms with E-state index < -0.39 is 18.1 Å². The van der Waals surface area contributed by atoms with Gasteiger partial charge in [-0.05, 0) is 51.4 Å². The van der Waals surface area contributed by atoms with Crippen LogP contribution in [0.4, 0.5) is 0 Å². The third-order valence-corrected chi connectivity index (χ3v) is 7.74. The van der Waals surface area contributed by atoms with Crippen molar-refractivity contribution in [2.45, 2.75) is 142 Å². The fraction of sp³-hybridized carbons (Fsp3) is 0.718. The zero-order valence-corrected chi connectivity index (χ0v) is 30.5. The van der Waals surface area contributed by atoms with E-state index >= 15 is 0 Å². The second-order valence-electron chi connectivity index (χ2n) is 13.1. The summed E-state index contributed by atoms with van der Waals surface area (Å²) in [4.78, 5) is 36.6. The van der Waals surface area contributed by atoms with Crippen LogP contribution in [0.2, 0.25) is 0 Å². The van der Waals surface area contributed by atoms with Gasteiger partial charge in [0, 0.05) is 19.3 Å². The monoisotopic (exact) mass is 662 g/mol. The maximum absolute atomic E-state index is 12.5. The molecular weight excluding hydrogens is 594 g/mol. The van der Waals surface area contributed by atoms with Crippen LogP contribution in [0.15, 0.2) is 48.6 Å². The molecule has 8 heteroatoms. The molecule has 0 fully saturated rings. The van der Waals surface area contributed by atoms with Crippen LogP contribution in [0.1, 0.15) is 129 Å². The molecular formula is C39H68NO7+. The summed E-state index contributed by atoms with van der Waals surface area (Å²) in [6, 6.07) is -0.617. The van der Waals surface area contributed by atoms with E-state index in [9.17, 15) is 19.5 Å². The van der Waals surface area contributed by atoms with Gasteiger partial charge in [-0.15, -0.1) is 0 Å². The lowest BCUT2D eigenvalue weighted by atomic mass is 10.1. The van der Waals surface area contributed by atoms with Crippen molar-refractivity contribution < 1.29 is 38.2 Å². The normalized spacial score (nSPS) is 13.6. The van der Waals surface area contributed by atoms with Gasteiger partial charge in [0.1, 0.15) is 6.61 Å². The molecule has 0 radical (unpaired) electrons. The molecule has 0 amide bonds. The molecule has 1 N–H and O–H groups in total. The van der Waals surface area contributed by atoms with Crippen molar-refractivity contribution in [1.82, 2.24) is 0 Å². The number of carbonyl (C=O) groups is 3. The number of aliphatic carboxylic acids is 1. The summed E-state index contributed by atoms with van der Waals surface area (Å²) in [7, 11) is 5.49. The third-order valence-electron chi connectivity index (χ3n) is 7.74. The number of unbranched alkanes of at least 4 members (excludes halogenated alkanes) is 9. The standard InChI is InChI=1S/C39H67NO7/c1-6-8-10-12-14-15-16-17-18-19-20-21-22-24-25-27-29-37(41)46-34-35(33-45-32-31-36(39(43)44)40(3,4)5)47-38(42)30-28-26-23-13-11-9-7-2/h8,10,14-15,17-18,20-21,35-36H,6-7,9,11-13,16,19,22-34H2,1-5H3/p+1/b10-8+,15-14+,18-17+,21-20+. The van der Waals surface area contributed by atoms with E-state index in [1.165, 1.54) is 25.7 Å². The molecule has 0 aliphatic heterocycles. The summed E-state index contributed by atoms with van der Waals surface area (Å²) >= 11 is 0. The Kier molecular flexibility index (Phi) is 28.8. The Balaban J connectivity index is 4.43. The molecule has 2 atom stereocenters. The lowest BCUT2D eigenvalue weighted by molar-refractivity contribution is -0.887. The number of hydrogen-bond donors (Lipinski definition) is 1. The number of quaternary nitrogens is 1. The predicted octanol–water partition coefficient (Wildman–Crippen LogP) is 8.90. The van der Waals surface area contributed by atoms with Crippen LogP contribution in [0.25, 0.3) is 0 Å². The lowest BCUT2D eigenvalue weighted by Crippen LogP contribution is -2.50. The van der Waals surface area contributed by atoms with Gasteiger partial charge in [-0.3, -0.25) is 9.59 Å². The molecule has 0 bridgehead atoms. The number of hydrogen-bond acceptors (Lipinski definition) is 6. The quantitative estimate of drug-likeness (QED) is 0.0343. The predicted molar refractivity (Wildman–Crippen MR) is 192 cm³/mol. The third kappa shape index (κ3) is 29.2. The highest BCUT2D eigenvalue weighted by molar-refractivity contribution is 5.72. The minimum atomic E-state index is -0.883. The highest BCUT2D eigenvalue weighted by atomic mass is 16.6. The van der Waals surface area contributed by atoms with Crippen LogP contribution in [0.5, 0.6) is 0 Å². The molecule has 0 aromatic heterocycles. The van der Waals surface area contributed by atoms with E-state index in [0.29, 0.717) is 19.3 Å². The molecule has 0 aromatic carbocycles. The first-order valence-electron chi connectivity index (χ1n) is 18.2. The molecule has 0 spiro atoms. The van der Waals surface area contributed by atoms with E-state index in [4.69, 9.17) is 14.2 Å². The van der Waals surface area contributed by atoms with Crippen molar-refractivity contribution in [2.24, 2.45) is 0 Å². The Morgan fingerprint density at radius 2 is 1.19 bits per heavy atom. The number of nitrogens with zero attached hydrogens (tertiary/aromatic N) is 1. The average molecular weight is 663 g/mol. The molecule has 0 aliphatic rings. The van der Waals surface area contributed by atoms with E-state index in [-0.39, 0.29) is 36.2 Å². The zero-order chi connectivity index (χ0) is 35.0. The summed E-state index contributed by atoms with van der Waals surface area (Å²) in [6.45, 7) is 4.51. The smallest absolute Gasteiger partial charge is 0.362 e. The Hall–Kier alpha value is -2.71. The number of esters is 2. The highest BCUT2D eigenvalue weighted by Gasteiger charge is 2.31. The van der Waals surface area contributed by atoms with Crippen molar-refractivity contribution in [3.05, 3.63) is 48.6 Å². The van der Waals surface area contributed by atoms with Crippen molar-refractivity contribution in [1.29, 1.82) is 0 Å². The second-order valence-corrected chi connectivity index (χ2v) is 13.1. The van der Waals surface area contributed by atoms with Crippen molar-refractivity contribution in [2.75, 3.05) is 41.0 Å². The van der Waals surface area contributed by atoms with Gasteiger partial charge < -0.3 is 23.8 Å². The SMILES string of the molecule is CC/C=C/C/C=C/C/C=C/C/C=C/CCCCCC(=O)OCC(COCCC(C(=O)O)[N+](C)(C)C)OC(=O)CCCCCCCCC. The fourth-order valence-electron chi connectivity index (χ4n) is 4.90. The fourth-order valence-corrected chi connectivity index (χ4v) is 4.90. The van der Waals surface area contributed by atoms with Gasteiger partial charge in [0.15, 0.2) is 12.1 Å². The first kappa shape index (κ1) is 44.3. The highest BCUT2D eigenvalue weighted by Crippen LogP contribution is 2.12. The summed E-state index contributed by atoms with van der Waals surface area (Å²) in [5.74, 6) is -1.52. The van der Waals surface area contributed by atoms with Crippen molar-refractivity contribution >= 4 is 17.9 Å². The molecule has 0 aliphatic carbocycles. The molecule has 0 aromatic rings. The minimum Gasteiger partial charge on any atom is -0.477 e. The number of rotatable bonds is 31. The van der Waals surface area contributed by atoms with Gasteiger partial charge in [-0.2, -0.15) is 0 Å². The van der Waals surface area contributed by atoms with Gasteiger partial charge in [0.05, 0.1) is 34.4 Å². The summed E-state index contributed by atoms with van der Waals surface area (Å²) < 4.78 is 17.1. The number of carboxylic acid groups (broad SMARTS) is 1. The summed E-state index contributed by atoms with van der Waals surface area (Å²) in [5, 5.41) is 9.55. The first-order valence-corrected chi connectivity index (χ1v) is 18.2. The minimum absolute atomic E-state index is 0.0500. The summed E-state index contributed by atoms with van der Waals surface area (Å²) in [6.07, 6.45) is 33.1. The summed E-state index contributed by atoms with van der Waals surface area (Å²) in [5.41, 5.74) is 0. The number of allylic oxidation sites excluding steroid dienone is 8. The van der Waals surface area contributed by atoms with Gasteiger partial charge in [0.25, 0.3) is 0 Å². The van der Waals surface area contributed by atoms with Gasteiger partial charge in [0.2, 0.25) is 0 Å². The maximum atomic E-state index is 12.5. The number of likely N-dealkylation sites (N-methyl/N-ethyl adjacent to an activating group) is 1. The largest absolute Gasteiger partial charge is 0.477 e. The van der Waals surface area contributed by atoms with E-state index in [0.717, 1.165) is 70.6 Å². The van der Waals surface area contributed by atoms with Crippen LogP contribution in [-0.2, 0) is 28.6 Å². The van der Waals surface area contributed by atoms with Gasteiger partial charge >= 0.3 is 17.9 Å². The molecule has 0 rings (SSSR count). The molecule has 2 unspecified atom stereocenters. The van der Waals surface area contributed by atoms with E-state index in [1.54, 1.807) is 0 Å². The molecule has 270 valence electrons. The molecule has 0 heterocycles. The number of ether oxygens (including phenoxy) is 3. The Bertz CT molecular complexity index is 917. The van der Waals surface area contributed by atoms with Gasteiger partial charge in [-0.25, -0.2) is 4.79 Å². The van der Waals surface area contributed by atoms with Crippen LogP contribution in [0, 0.1) is 0 Å². The van der Waals surface area contributed by atoms with Crippen molar-refractivity contribution in [3.8, 4) is 0 Å². The van der Waals surface area contributed by atoms with Crippen LogP contribution in [0.3, 0.4) is 0 Å². The lowest BCUT2D eigenvalue weighted by Gasteiger charge is -2.31. The van der Waals surface area contributed by atoms with Gasteiger partial charge in [-0.1, -0.05) is 107 Å². The van der Waals surface area contributed by atoms with E-state index in [1.807, 2.05) is 21.1 Å². The van der Waals surface area contributed by atoms with Crippen LogP contribution in [-0.4, -0.2) is 80.6 Å². The molecule has 0 saturated carbocycles. The number of carbonyl (C=O) groups excluding carboxylic acids is 2.